The fourth-order valence-corrected chi connectivity index (χ4v) is 2.76. The number of hydrogen-bond donors (Lipinski definition) is 1. The molecular formula is C17H13N2O3S-. The summed E-state index contributed by atoms with van der Waals surface area (Å²) in [6, 6.07) is 12.5. The Labute approximate surface area is 136 Å². The highest BCUT2D eigenvalue weighted by molar-refractivity contribution is 7.78. The summed E-state index contributed by atoms with van der Waals surface area (Å²) >= 11 is -2.10. The Kier molecular flexibility index (Phi) is 4.45. The minimum absolute atomic E-state index is 0.00283. The van der Waals surface area contributed by atoms with Crippen LogP contribution in [0.5, 0.6) is 5.75 Å². The molecule has 23 heavy (non-hydrogen) atoms. The van der Waals surface area contributed by atoms with Gasteiger partial charge in [0, 0.05) is 23.7 Å². The van der Waals surface area contributed by atoms with Gasteiger partial charge in [-0.15, -0.1) is 0 Å². The molecule has 0 spiro atoms. The van der Waals surface area contributed by atoms with Gasteiger partial charge in [-0.2, -0.15) is 0 Å². The Hall–Kier alpha value is -2.57. The van der Waals surface area contributed by atoms with E-state index >= 15 is 0 Å². The van der Waals surface area contributed by atoms with Crippen molar-refractivity contribution in [3.63, 3.8) is 0 Å². The predicted molar refractivity (Wildman–Crippen MR) is 87.2 cm³/mol. The minimum Gasteiger partial charge on any atom is -0.772 e. The monoisotopic (exact) mass is 325 g/mol. The molecule has 0 saturated heterocycles. The number of aromatic nitrogens is 2. The number of nitrogens with zero attached hydrogens (tertiary/aromatic N) is 2. The number of phenolic OH excluding ortho intramolecular Hbond substituents is 1. The van der Waals surface area contributed by atoms with Gasteiger partial charge in [-0.25, -0.2) is 0 Å². The number of phenols is 1. The van der Waals surface area contributed by atoms with Crippen LogP contribution in [0.3, 0.4) is 0 Å². The van der Waals surface area contributed by atoms with Crippen LogP contribution in [0.25, 0.3) is 22.4 Å². The van der Waals surface area contributed by atoms with Gasteiger partial charge in [0.05, 0.1) is 11.9 Å². The van der Waals surface area contributed by atoms with E-state index in [0.29, 0.717) is 11.3 Å². The number of rotatable bonds is 4. The maximum atomic E-state index is 10.7. The molecule has 3 aromatic rings. The largest absolute Gasteiger partial charge is 0.772 e. The average molecular weight is 325 g/mol. The molecule has 0 bridgehead atoms. The van der Waals surface area contributed by atoms with E-state index < -0.39 is 11.1 Å². The van der Waals surface area contributed by atoms with Crippen molar-refractivity contribution < 1.29 is 13.9 Å². The van der Waals surface area contributed by atoms with Gasteiger partial charge in [0.1, 0.15) is 5.75 Å². The molecule has 1 unspecified atom stereocenters. The maximum Gasteiger partial charge on any atom is 0.125 e. The summed E-state index contributed by atoms with van der Waals surface area (Å²) in [5.41, 5.74) is 3.67. The maximum absolute atomic E-state index is 10.7. The van der Waals surface area contributed by atoms with Gasteiger partial charge in [-0.3, -0.25) is 14.2 Å². The van der Waals surface area contributed by atoms with E-state index in [-0.39, 0.29) is 11.5 Å². The number of hydrogen-bond acceptors (Lipinski definition) is 5. The van der Waals surface area contributed by atoms with Crippen molar-refractivity contribution in [2.75, 3.05) is 0 Å². The summed E-state index contributed by atoms with van der Waals surface area (Å²) in [4.78, 5) is 8.16. The molecule has 0 aliphatic rings. The van der Waals surface area contributed by atoms with E-state index in [1.54, 1.807) is 42.9 Å². The van der Waals surface area contributed by atoms with Gasteiger partial charge in [0.25, 0.3) is 0 Å². The molecule has 0 aliphatic heterocycles. The van der Waals surface area contributed by atoms with Crippen molar-refractivity contribution in [1.29, 1.82) is 0 Å². The molecule has 2 aromatic carbocycles. The van der Waals surface area contributed by atoms with Crippen LogP contribution in [0.1, 0.15) is 5.56 Å². The van der Waals surface area contributed by atoms with Crippen LogP contribution >= 0.6 is 0 Å². The second-order valence-corrected chi connectivity index (χ2v) is 5.86. The van der Waals surface area contributed by atoms with Gasteiger partial charge in [0.2, 0.25) is 0 Å². The lowest BCUT2D eigenvalue weighted by atomic mass is 10.0. The zero-order valence-corrected chi connectivity index (χ0v) is 12.9. The van der Waals surface area contributed by atoms with Gasteiger partial charge in [-0.1, -0.05) is 41.4 Å². The summed E-state index contributed by atoms with van der Waals surface area (Å²) in [5.74, 6) is 0.115. The smallest absolute Gasteiger partial charge is 0.125 e. The Bertz CT molecular complexity index is 836. The second-order valence-electron chi connectivity index (χ2n) is 4.97. The van der Waals surface area contributed by atoms with Gasteiger partial charge in [-0.05, 0) is 28.8 Å². The SMILES string of the molecule is O=S([O-])Cc1ccc(-c2ccc(-c3cnccn3)c(O)c2)cc1. The summed E-state index contributed by atoms with van der Waals surface area (Å²) in [6.45, 7) is 0. The highest BCUT2D eigenvalue weighted by Gasteiger charge is 2.08. The highest BCUT2D eigenvalue weighted by Crippen LogP contribution is 2.32. The second kappa shape index (κ2) is 6.68. The van der Waals surface area contributed by atoms with Crippen molar-refractivity contribution in [3.05, 3.63) is 66.6 Å². The van der Waals surface area contributed by atoms with Crippen LogP contribution in [-0.2, 0) is 16.8 Å². The molecule has 1 aromatic heterocycles. The van der Waals surface area contributed by atoms with E-state index in [2.05, 4.69) is 9.97 Å². The third kappa shape index (κ3) is 3.61. The predicted octanol–water partition coefficient (Wildman–Crippen LogP) is 2.90. The molecule has 6 heteroatoms. The molecule has 1 N–H and O–H groups in total. The standard InChI is InChI=1S/C17H14N2O3S/c20-17-9-14(5-6-15(17)16-10-18-7-8-19-16)13-3-1-12(2-4-13)11-23(21)22/h1-10,20H,11H2,(H,21,22)/p-1. The first-order valence-electron chi connectivity index (χ1n) is 6.88. The molecule has 0 saturated carbocycles. The lowest BCUT2D eigenvalue weighted by molar-refractivity contribution is 0.477. The number of aromatic hydroxyl groups is 1. The lowest BCUT2D eigenvalue weighted by Crippen LogP contribution is -1.92. The van der Waals surface area contributed by atoms with E-state index in [0.717, 1.165) is 16.7 Å². The Morgan fingerprint density at radius 2 is 1.78 bits per heavy atom. The molecule has 0 aliphatic carbocycles. The van der Waals surface area contributed by atoms with E-state index in [9.17, 15) is 13.9 Å². The average Bonchev–Trinajstić information content (AvgIpc) is 2.56. The number of benzene rings is 2. The quantitative estimate of drug-likeness (QED) is 0.745. The van der Waals surface area contributed by atoms with Crippen molar-refractivity contribution in [2.24, 2.45) is 0 Å². The van der Waals surface area contributed by atoms with Crippen LogP contribution in [-0.4, -0.2) is 23.8 Å². The molecule has 5 nitrogen and oxygen atoms in total. The van der Waals surface area contributed by atoms with Crippen LogP contribution in [0.15, 0.2) is 61.1 Å². The van der Waals surface area contributed by atoms with Crippen molar-refractivity contribution in [2.45, 2.75) is 5.75 Å². The summed E-state index contributed by atoms with van der Waals surface area (Å²) < 4.78 is 21.4. The third-order valence-electron chi connectivity index (χ3n) is 3.41. The molecule has 1 heterocycles. The van der Waals surface area contributed by atoms with E-state index in [1.165, 1.54) is 0 Å². The third-order valence-corrected chi connectivity index (χ3v) is 3.98. The Morgan fingerprint density at radius 1 is 1.04 bits per heavy atom. The zero-order valence-electron chi connectivity index (χ0n) is 12.0. The Morgan fingerprint density at radius 3 is 2.39 bits per heavy atom. The first-order chi connectivity index (χ1) is 11.1. The highest BCUT2D eigenvalue weighted by atomic mass is 32.2. The summed E-state index contributed by atoms with van der Waals surface area (Å²) in [6.07, 6.45) is 4.74. The fourth-order valence-electron chi connectivity index (χ4n) is 2.30. The molecule has 0 fully saturated rings. The first kappa shape index (κ1) is 15.3. The molecular weight excluding hydrogens is 312 g/mol. The van der Waals surface area contributed by atoms with E-state index in [4.69, 9.17) is 0 Å². The zero-order chi connectivity index (χ0) is 16.2. The van der Waals surface area contributed by atoms with Gasteiger partial charge in [0.15, 0.2) is 0 Å². The molecule has 0 radical (unpaired) electrons. The van der Waals surface area contributed by atoms with Crippen molar-refractivity contribution in [1.82, 2.24) is 9.97 Å². The summed E-state index contributed by atoms with van der Waals surface area (Å²) in [7, 11) is 0. The Balaban J connectivity index is 1.90. The molecule has 116 valence electrons. The normalized spacial score (nSPS) is 12.0. The van der Waals surface area contributed by atoms with Gasteiger partial charge >= 0.3 is 0 Å². The molecule has 3 rings (SSSR count). The van der Waals surface area contributed by atoms with Crippen molar-refractivity contribution >= 4 is 11.1 Å². The lowest BCUT2D eigenvalue weighted by Gasteiger charge is -2.09. The van der Waals surface area contributed by atoms with Crippen LogP contribution in [0.2, 0.25) is 0 Å². The van der Waals surface area contributed by atoms with Crippen LogP contribution < -0.4 is 0 Å². The molecule has 0 amide bonds. The minimum atomic E-state index is -2.10. The van der Waals surface area contributed by atoms with Crippen LogP contribution in [0, 0.1) is 0 Å². The first-order valence-corrected chi connectivity index (χ1v) is 8.12. The van der Waals surface area contributed by atoms with Crippen molar-refractivity contribution in [3.8, 4) is 28.1 Å². The van der Waals surface area contributed by atoms with Gasteiger partial charge < -0.3 is 9.66 Å². The fraction of sp³-hybridized carbons (Fsp3) is 0.0588. The topological polar surface area (TPSA) is 86.1 Å². The van der Waals surface area contributed by atoms with Crippen LogP contribution in [0.4, 0.5) is 0 Å². The van der Waals surface area contributed by atoms with E-state index in [1.807, 2.05) is 18.2 Å². The summed E-state index contributed by atoms with van der Waals surface area (Å²) in [5, 5.41) is 10.2. The molecule has 1 atom stereocenters.